The maximum Gasteiger partial charge on any atom is 0.253 e. The summed E-state index contributed by atoms with van der Waals surface area (Å²) < 4.78 is 0. The summed E-state index contributed by atoms with van der Waals surface area (Å²) in [4.78, 5) is 16.0. The maximum atomic E-state index is 12.0. The van der Waals surface area contributed by atoms with E-state index in [9.17, 15) is 9.90 Å². The van der Waals surface area contributed by atoms with Crippen LogP contribution in [0.15, 0.2) is 24.3 Å². The van der Waals surface area contributed by atoms with Gasteiger partial charge in [-0.25, -0.2) is 0 Å². The Morgan fingerprint density at radius 2 is 2.14 bits per heavy atom. The molecule has 4 nitrogen and oxygen atoms in total. The largest absolute Gasteiger partial charge is 0.395 e. The molecule has 0 aliphatic carbocycles. The van der Waals surface area contributed by atoms with E-state index in [-0.39, 0.29) is 18.6 Å². The van der Waals surface area contributed by atoms with Gasteiger partial charge in [-0.05, 0) is 37.5 Å². The third kappa shape index (κ3) is 3.83. The van der Waals surface area contributed by atoms with Gasteiger partial charge in [-0.15, -0.1) is 0 Å². The summed E-state index contributed by atoms with van der Waals surface area (Å²) in [6, 6.07) is 8.54. The predicted molar refractivity (Wildman–Crippen MR) is 84.2 cm³/mol. The van der Waals surface area contributed by atoms with Crippen molar-refractivity contribution in [3.63, 3.8) is 0 Å². The molecule has 1 N–H and O–H groups in total. The highest BCUT2D eigenvalue weighted by Gasteiger charge is 2.27. The SMILES string of the molecule is C[C@@H]1CCC[C@H](CO)N1Cc1cccc(C(=O)N(C)C)c1. The van der Waals surface area contributed by atoms with Crippen LogP contribution in [0.1, 0.15) is 42.1 Å². The summed E-state index contributed by atoms with van der Waals surface area (Å²) in [6.07, 6.45) is 3.41. The molecule has 0 saturated carbocycles. The van der Waals surface area contributed by atoms with Gasteiger partial charge >= 0.3 is 0 Å². The third-order valence-corrected chi connectivity index (χ3v) is 4.35. The topological polar surface area (TPSA) is 43.8 Å². The summed E-state index contributed by atoms with van der Waals surface area (Å²) in [5.41, 5.74) is 1.86. The zero-order valence-corrected chi connectivity index (χ0v) is 13.2. The molecule has 116 valence electrons. The lowest BCUT2D eigenvalue weighted by molar-refractivity contribution is 0.0451. The number of amides is 1. The smallest absolute Gasteiger partial charge is 0.253 e. The van der Waals surface area contributed by atoms with Gasteiger partial charge in [0.2, 0.25) is 0 Å². The molecule has 4 heteroatoms. The van der Waals surface area contributed by atoms with Gasteiger partial charge in [0.05, 0.1) is 6.61 Å². The number of aliphatic hydroxyl groups is 1. The number of carbonyl (C=O) groups excluding carboxylic acids is 1. The Bertz CT molecular complexity index is 487. The monoisotopic (exact) mass is 290 g/mol. The zero-order chi connectivity index (χ0) is 15.4. The first kappa shape index (κ1) is 16.0. The molecule has 0 bridgehead atoms. The van der Waals surface area contributed by atoms with Crippen molar-refractivity contribution < 1.29 is 9.90 Å². The van der Waals surface area contributed by atoms with E-state index in [2.05, 4.69) is 17.9 Å². The Hall–Kier alpha value is -1.39. The van der Waals surface area contributed by atoms with Gasteiger partial charge in [0.25, 0.3) is 5.91 Å². The second-order valence-electron chi connectivity index (χ2n) is 6.19. The van der Waals surface area contributed by atoms with Crippen molar-refractivity contribution in [3.8, 4) is 0 Å². The summed E-state index contributed by atoms with van der Waals surface area (Å²) in [7, 11) is 3.53. The van der Waals surface area contributed by atoms with Crippen LogP contribution in [0.25, 0.3) is 0 Å². The van der Waals surface area contributed by atoms with Crippen LogP contribution in [0, 0.1) is 0 Å². The highest BCUT2D eigenvalue weighted by molar-refractivity contribution is 5.94. The zero-order valence-electron chi connectivity index (χ0n) is 13.2. The molecule has 0 spiro atoms. The van der Waals surface area contributed by atoms with Crippen molar-refractivity contribution in [2.24, 2.45) is 0 Å². The van der Waals surface area contributed by atoms with Crippen LogP contribution in [0.3, 0.4) is 0 Å². The van der Waals surface area contributed by atoms with Crippen molar-refractivity contribution in [1.82, 2.24) is 9.80 Å². The Morgan fingerprint density at radius 3 is 2.81 bits per heavy atom. The lowest BCUT2D eigenvalue weighted by atomic mass is 9.96. The van der Waals surface area contributed by atoms with E-state index in [0.29, 0.717) is 6.04 Å². The van der Waals surface area contributed by atoms with Crippen LogP contribution in [0.5, 0.6) is 0 Å². The van der Waals surface area contributed by atoms with E-state index in [1.54, 1.807) is 19.0 Å². The van der Waals surface area contributed by atoms with E-state index in [0.717, 1.165) is 24.1 Å². The average Bonchev–Trinajstić information content (AvgIpc) is 2.48. The number of benzene rings is 1. The highest BCUT2D eigenvalue weighted by Crippen LogP contribution is 2.25. The molecule has 1 aromatic rings. The van der Waals surface area contributed by atoms with Gasteiger partial charge in [-0.2, -0.15) is 0 Å². The van der Waals surface area contributed by atoms with Gasteiger partial charge < -0.3 is 10.0 Å². The molecule has 2 rings (SSSR count). The molecule has 0 radical (unpaired) electrons. The minimum absolute atomic E-state index is 0.0299. The van der Waals surface area contributed by atoms with Crippen LogP contribution in [-0.2, 0) is 6.54 Å². The number of nitrogens with zero attached hydrogens (tertiary/aromatic N) is 2. The van der Waals surface area contributed by atoms with Gasteiger partial charge in [0.1, 0.15) is 0 Å². The van der Waals surface area contributed by atoms with Gasteiger partial charge in [-0.3, -0.25) is 9.69 Å². The first-order valence-electron chi connectivity index (χ1n) is 7.70. The number of aliphatic hydroxyl groups excluding tert-OH is 1. The number of likely N-dealkylation sites (tertiary alicyclic amines) is 1. The first-order valence-corrected chi connectivity index (χ1v) is 7.70. The molecule has 1 heterocycles. The molecule has 1 fully saturated rings. The van der Waals surface area contributed by atoms with Crippen molar-refractivity contribution >= 4 is 5.91 Å². The van der Waals surface area contributed by atoms with Crippen LogP contribution in [0.4, 0.5) is 0 Å². The van der Waals surface area contributed by atoms with Crippen molar-refractivity contribution in [2.45, 2.75) is 44.8 Å². The van der Waals surface area contributed by atoms with Crippen molar-refractivity contribution in [2.75, 3.05) is 20.7 Å². The molecule has 0 aromatic heterocycles. The molecule has 2 atom stereocenters. The normalized spacial score (nSPS) is 23.0. The van der Waals surface area contributed by atoms with E-state index in [4.69, 9.17) is 0 Å². The van der Waals surface area contributed by atoms with Crippen molar-refractivity contribution in [3.05, 3.63) is 35.4 Å². The number of hydrogen-bond donors (Lipinski definition) is 1. The quantitative estimate of drug-likeness (QED) is 0.924. The molecule has 1 aromatic carbocycles. The Kier molecular flexibility index (Phi) is 5.37. The molecule has 1 aliphatic heterocycles. The lowest BCUT2D eigenvalue weighted by Crippen LogP contribution is -2.46. The maximum absolute atomic E-state index is 12.0. The van der Waals surface area contributed by atoms with Crippen LogP contribution in [-0.4, -0.2) is 53.6 Å². The molecular formula is C17H26N2O2. The molecule has 1 saturated heterocycles. The first-order chi connectivity index (χ1) is 10.0. The second-order valence-corrected chi connectivity index (χ2v) is 6.19. The standard InChI is InChI=1S/C17H26N2O2/c1-13-6-4-9-16(12-20)19(13)11-14-7-5-8-15(10-14)17(21)18(2)3/h5,7-8,10,13,16,20H,4,6,9,11-12H2,1-3H3/t13-,16-/m1/s1. The number of piperidine rings is 1. The average molecular weight is 290 g/mol. The summed E-state index contributed by atoms with van der Waals surface area (Å²) >= 11 is 0. The van der Waals surface area contributed by atoms with Crippen LogP contribution < -0.4 is 0 Å². The molecule has 1 amide bonds. The minimum atomic E-state index is 0.0299. The summed E-state index contributed by atoms with van der Waals surface area (Å²) in [5, 5.41) is 9.57. The van der Waals surface area contributed by atoms with Crippen LogP contribution >= 0.6 is 0 Å². The Balaban J connectivity index is 2.14. The molecule has 21 heavy (non-hydrogen) atoms. The predicted octanol–water partition coefficient (Wildman–Crippen LogP) is 2.12. The molecule has 0 unspecified atom stereocenters. The van der Waals surface area contributed by atoms with E-state index in [1.807, 2.05) is 18.2 Å². The number of carbonyl (C=O) groups is 1. The number of hydrogen-bond acceptors (Lipinski definition) is 3. The van der Waals surface area contributed by atoms with E-state index >= 15 is 0 Å². The van der Waals surface area contributed by atoms with Crippen molar-refractivity contribution in [1.29, 1.82) is 0 Å². The van der Waals surface area contributed by atoms with Crippen LogP contribution in [0.2, 0.25) is 0 Å². The highest BCUT2D eigenvalue weighted by atomic mass is 16.3. The Labute approximate surface area is 127 Å². The number of rotatable bonds is 4. The second kappa shape index (κ2) is 7.05. The molecule has 1 aliphatic rings. The summed E-state index contributed by atoms with van der Waals surface area (Å²) in [5.74, 6) is 0.0299. The summed E-state index contributed by atoms with van der Waals surface area (Å²) in [6.45, 7) is 3.22. The fourth-order valence-corrected chi connectivity index (χ4v) is 3.09. The van der Waals surface area contributed by atoms with E-state index in [1.165, 1.54) is 12.8 Å². The molecular weight excluding hydrogens is 264 g/mol. The minimum Gasteiger partial charge on any atom is -0.395 e. The third-order valence-electron chi connectivity index (χ3n) is 4.35. The van der Waals surface area contributed by atoms with Gasteiger partial charge in [0.15, 0.2) is 0 Å². The fourth-order valence-electron chi connectivity index (χ4n) is 3.09. The van der Waals surface area contributed by atoms with Gasteiger partial charge in [-0.1, -0.05) is 18.6 Å². The van der Waals surface area contributed by atoms with Gasteiger partial charge in [0, 0.05) is 38.3 Å². The lowest BCUT2D eigenvalue weighted by Gasteiger charge is -2.40. The Morgan fingerprint density at radius 1 is 1.38 bits per heavy atom. The fraction of sp³-hybridized carbons (Fsp3) is 0.588. The van der Waals surface area contributed by atoms with E-state index < -0.39 is 0 Å².